The fourth-order valence-electron chi connectivity index (χ4n) is 5.61. The van der Waals surface area contributed by atoms with E-state index in [0.29, 0.717) is 0 Å². The van der Waals surface area contributed by atoms with Gasteiger partial charge in [-0.05, 0) is 31.2 Å². The van der Waals surface area contributed by atoms with Gasteiger partial charge < -0.3 is 19.1 Å². The summed E-state index contributed by atoms with van der Waals surface area (Å²) >= 11 is 7.45. The highest BCUT2D eigenvalue weighted by molar-refractivity contribution is 8.01. The van der Waals surface area contributed by atoms with E-state index in [-0.39, 0.29) is 39.6 Å². The maximum atomic E-state index is 13.5. The Labute approximate surface area is 242 Å². The normalized spacial score (nSPS) is 26.2. The highest BCUT2D eigenvalue weighted by atomic mass is 35.5. The molecule has 2 unspecified atom stereocenters. The van der Waals surface area contributed by atoms with Crippen LogP contribution in [-0.2, 0) is 14.3 Å². The van der Waals surface area contributed by atoms with Gasteiger partial charge in [0, 0.05) is 5.88 Å². The number of thioether (sulfide) groups is 1. The second-order valence-electron chi connectivity index (χ2n) is 9.96. The van der Waals surface area contributed by atoms with E-state index in [4.69, 9.17) is 25.8 Å². The Balaban J connectivity index is 1.22. The molecular weight excluding hydrogens is 578 g/mol. The van der Waals surface area contributed by atoms with Crippen molar-refractivity contribution in [2.24, 2.45) is 0 Å². The van der Waals surface area contributed by atoms with E-state index >= 15 is 0 Å². The number of imide groups is 2. The van der Waals surface area contributed by atoms with Gasteiger partial charge in [0.2, 0.25) is 0 Å². The number of hydrogen-bond donors (Lipinski definition) is 0. The first kappa shape index (κ1) is 27.1. The number of benzene rings is 2. The van der Waals surface area contributed by atoms with Gasteiger partial charge in [-0.25, -0.2) is 9.69 Å². The molecule has 2 aromatic carbocycles. The molecule has 0 N–H and O–H groups in total. The molecule has 12 nitrogen and oxygen atoms in total. The van der Waals surface area contributed by atoms with Crippen LogP contribution in [0.4, 0.5) is 0 Å². The molecule has 4 atom stereocenters. The summed E-state index contributed by atoms with van der Waals surface area (Å²) in [7, 11) is 2.79. The third kappa shape index (κ3) is 3.68. The van der Waals surface area contributed by atoms with Crippen molar-refractivity contribution >= 4 is 58.9 Å². The van der Waals surface area contributed by atoms with Crippen LogP contribution in [0.2, 0.25) is 0 Å². The van der Waals surface area contributed by atoms with Gasteiger partial charge in [-0.2, -0.15) is 0 Å². The van der Waals surface area contributed by atoms with E-state index in [0.717, 1.165) is 9.80 Å². The lowest BCUT2D eigenvalue weighted by atomic mass is 9.95. The summed E-state index contributed by atoms with van der Waals surface area (Å²) in [4.78, 5) is 81.8. The number of carbonyl (C=O) groups is 6. The molecule has 41 heavy (non-hydrogen) atoms. The van der Waals surface area contributed by atoms with Crippen molar-refractivity contribution in [1.82, 2.24) is 14.7 Å². The smallest absolute Gasteiger partial charge is 0.332 e. The van der Waals surface area contributed by atoms with Crippen LogP contribution in [0.1, 0.15) is 48.4 Å². The van der Waals surface area contributed by atoms with Gasteiger partial charge in [-0.3, -0.25) is 28.9 Å². The lowest BCUT2D eigenvalue weighted by molar-refractivity contribution is -0.167. The Morgan fingerprint density at radius 1 is 0.902 bits per heavy atom. The second kappa shape index (κ2) is 9.48. The summed E-state index contributed by atoms with van der Waals surface area (Å²) in [6, 6.07) is 6.65. The number of rotatable bonds is 7. The number of halogens is 1. The van der Waals surface area contributed by atoms with Crippen LogP contribution in [0, 0.1) is 0 Å². The third-order valence-corrected chi connectivity index (χ3v) is 10.0. The number of ether oxygens (including phenoxy) is 3. The zero-order chi connectivity index (χ0) is 29.4. The van der Waals surface area contributed by atoms with Crippen LogP contribution in [0.5, 0.6) is 11.5 Å². The maximum absolute atomic E-state index is 13.5. The molecule has 0 aliphatic carbocycles. The molecule has 4 aliphatic rings. The molecule has 0 aromatic heterocycles. The molecular formula is C27H22ClN3O9S. The molecule has 0 spiro atoms. The first-order valence-corrected chi connectivity index (χ1v) is 13.8. The molecule has 5 amide bonds. The quantitative estimate of drug-likeness (QED) is 0.200. The van der Waals surface area contributed by atoms with Crippen molar-refractivity contribution in [3.05, 3.63) is 58.7 Å². The molecule has 4 heterocycles. The molecule has 6 rings (SSSR count). The van der Waals surface area contributed by atoms with Gasteiger partial charge in [-0.1, -0.05) is 12.1 Å². The van der Waals surface area contributed by atoms with E-state index < -0.39 is 64.4 Å². The van der Waals surface area contributed by atoms with Gasteiger partial charge in [0.15, 0.2) is 18.2 Å². The second-order valence-corrected chi connectivity index (χ2v) is 11.9. The van der Waals surface area contributed by atoms with Crippen molar-refractivity contribution in [2.45, 2.75) is 29.1 Å². The summed E-state index contributed by atoms with van der Waals surface area (Å²) in [6.45, 7) is 1.02. The topological polar surface area (TPSA) is 140 Å². The first-order chi connectivity index (χ1) is 19.6. The zero-order valence-corrected chi connectivity index (χ0v) is 23.5. The molecule has 2 saturated heterocycles. The maximum Gasteiger partial charge on any atom is 0.332 e. The van der Waals surface area contributed by atoms with Gasteiger partial charge in [0.05, 0.1) is 41.2 Å². The van der Waals surface area contributed by atoms with Crippen molar-refractivity contribution < 1.29 is 43.0 Å². The van der Waals surface area contributed by atoms with Crippen LogP contribution >= 0.6 is 23.4 Å². The number of methoxy groups -OCH3 is 2. The predicted octanol–water partition coefficient (Wildman–Crippen LogP) is 1.75. The Morgan fingerprint density at radius 2 is 1.44 bits per heavy atom. The number of β-lactam (4-membered cyclic amide) rings is 1. The minimum absolute atomic E-state index is 0.0684. The number of hydrogen-bond acceptors (Lipinski definition) is 10. The fraction of sp³-hybridized carbons (Fsp3) is 0.333. The molecule has 212 valence electrons. The Hall–Kier alpha value is -4.10. The van der Waals surface area contributed by atoms with Crippen molar-refractivity contribution in [3.63, 3.8) is 0 Å². The molecule has 0 saturated carbocycles. The molecule has 2 fully saturated rings. The summed E-state index contributed by atoms with van der Waals surface area (Å²) in [5.41, 5.74) is 0.540. The lowest BCUT2D eigenvalue weighted by Crippen LogP contribution is -2.71. The van der Waals surface area contributed by atoms with E-state index in [1.54, 1.807) is 19.1 Å². The zero-order valence-electron chi connectivity index (χ0n) is 21.9. The minimum Gasteiger partial charge on any atom is -0.493 e. The van der Waals surface area contributed by atoms with E-state index in [2.05, 4.69) is 0 Å². The number of carbonyl (C=O) groups excluding carboxylic acids is 6. The number of esters is 1. The molecule has 14 heteroatoms. The van der Waals surface area contributed by atoms with Gasteiger partial charge >= 0.3 is 5.97 Å². The first-order valence-electron chi connectivity index (χ1n) is 12.4. The number of nitrogens with zero attached hydrogens (tertiary/aromatic N) is 3. The van der Waals surface area contributed by atoms with Crippen LogP contribution in [0.3, 0.4) is 0 Å². The molecule has 4 aliphatic heterocycles. The Bertz CT molecular complexity index is 1500. The van der Waals surface area contributed by atoms with E-state index in [1.807, 2.05) is 0 Å². The van der Waals surface area contributed by atoms with Gasteiger partial charge in [0.1, 0.15) is 17.5 Å². The number of fused-ring (bicyclic) bond motifs is 3. The molecule has 0 bridgehead atoms. The summed E-state index contributed by atoms with van der Waals surface area (Å²) < 4.78 is 14.8. The van der Waals surface area contributed by atoms with Crippen LogP contribution in [-0.4, -0.2) is 99.2 Å². The highest BCUT2D eigenvalue weighted by Gasteiger charge is 2.68. The monoisotopic (exact) mass is 599 g/mol. The summed E-state index contributed by atoms with van der Waals surface area (Å²) in [5, 5.41) is -0.769. The minimum atomic E-state index is -1.19. The SMILES string of the molecule is COc1cc2c(cc1OC)C(=O)N(C1C(=O)N3C(C(=O)OCN4C(=O)c5ccccc5C4=O)[C@](C)(CCl)S[C@@H]13)C2=O. The van der Waals surface area contributed by atoms with Crippen molar-refractivity contribution in [3.8, 4) is 11.5 Å². The van der Waals surface area contributed by atoms with Gasteiger partial charge in [0.25, 0.3) is 29.5 Å². The fourth-order valence-corrected chi connectivity index (χ4v) is 7.60. The van der Waals surface area contributed by atoms with E-state index in [1.165, 1.54) is 55.1 Å². The Kier molecular flexibility index (Phi) is 6.27. The molecule has 2 aromatic rings. The number of alkyl halides is 1. The average molecular weight is 600 g/mol. The summed E-state index contributed by atoms with van der Waals surface area (Å²) in [5.74, 6) is -3.62. The van der Waals surface area contributed by atoms with Crippen LogP contribution in [0.15, 0.2) is 36.4 Å². The summed E-state index contributed by atoms with van der Waals surface area (Å²) in [6.07, 6.45) is 0. The predicted molar refractivity (Wildman–Crippen MR) is 143 cm³/mol. The average Bonchev–Trinajstić information content (AvgIpc) is 3.50. The standard InChI is InChI=1S/C27H22ClN3O9S/c1-27(10-28)19(26(37)40-11-29-20(32)12-6-4-5-7-13(12)21(29)33)31-24(36)18(25(31)41-27)30-22(34)14-8-16(38-2)17(39-3)9-15(14)23(30)35/h4-9,18-19,25H,10-11H2,1-3H3/t18?,19?,25-,27-/m0/s1. The van der Waals surface area contributed by atoms with Crippen molar-refractivity contribution in [2.75, 3.05) is 26.8 Å². The van der Waals surface area contributed by atoms with Crippen LogP contribution in [0.25, 0.3) is 0 Å². The number of amides is 5. The van der Waals surface area contributed by atoms with Crippen molar-refractivity contribution in [1.29, 1.82) is 0 Å². The molecule has 0 radical (unpaired) electrons. The lowest BCUT2D eigenvalue weighted by Gasteiger charge is -2.46. The van der Waals surface area contributed by atoms with E-state index in [9.17, 15) is 28.8 Å². The largest absolute Gasteiger partial charge is 0.493 e. The van der Waals surface area contributed by atoms with Gasteiger partial charge in [-0.15, -0.1) is 23.4 Å². The Morgan fingerprint density at radius 3 is 1.93 bits per heavy atom. The highest BCUT2D eigenvalue weighted by Crippen LogP contribution is 2.54. The third-order valence-electron chi connectivity index (χ3n) is 7.70. The van der Waals surface area contributed by atoms with Crippen LogP contribution < -0.4 is 9.47 Å².